The van der Waals surface area contributed by atoms with E-state index in [1.54, 1.807) is 18.3 Å². The Morgan fingerprint density at radius 1 is 1.12 bits per heavy atom. The third kappa shape index (κ3) is 6.56. The molecular formula is C24H29N3O4S. The number of hydrogen-bond donors (Lipinski definition) is 2. The van der Waals surface area contributed by atoms with Gasteiger partial charge in [-0.15, -0.1) is 0 Å². The van der Waals surface area contributed by atoms with Gasteiger partial charge in [-0.1, -0.05) is 48.7 Å². The quantitative estimate of drug-likeness (QED) is 0.620. The number of esters is 1. The fraction of sp³-hybridized carbons (Fsp3) is 0.417. The van der Waals surface area contributed by atoms with Crippen LogP contribution < -0.4 is 10.6 Å². The van der Waals surface area contributed by atoms with Gasteiger partial charge in [0.1, 0.15) is 5.03 Å². The summed E-state index contributed by atoms with van der Waals surface area (Å²) in [7, 11) is 0. The number of aryl methyl sites for hydroxylation is 2. The summed E-state index contributed by atoms with van der Waals surface area (Å²) in [5, 5.41) is 5.57. The Balaban J connectivity index is 1.60. The van der Waals surface area contributed by atoms with Gasteiger partial charge in [-0.3, -0.25) is 10.1 Å². The molecule has 1 atom stereocenters. The number of rotatable bonds is 6. The van der Waals surface area contributed by atoms with E-state index in [0.717, 1.165) is 41.7 Å². The van der Waals surface area contributed by atoms with Crippen LogP contribution in [-0.2, 0) is 9.53 Å². The molecule has 2 N–H and O–H groups in total. The molecule has 1 aromatic carbocycles. The number of benzene rings is 1. The second kappa shape index (κ2) is 11.1. The second-order valence-corrected chi connectivity index (χ2v) is 9.10. The highest BCUT2D eigenvalue weighted by Crippen LogP contribution is 2.32. The number of ether oxygens (including phenoxy) is 1. The zero-order chi connectivity index (χ0) is 23.1. The van der Waals surface area contributed by atoms with Crippen molar-refractivity contribution in [3.05, 3.63) is 53.2 Å². The van der Waals surface area contributed by atoms with E-state index < -0.39 is 24.0 Å². The van der Waals surface area contributed by atoms with Gasteiger partial charge in [-0.2, -0.15) is 0 Å². The Hall–Kier alpha value is -2.87. The van der Waals surface area contributed by atoms with Gasteiger partial charge in [0.25, 0.3) is 5.91 Å². The highest BCUT2D eigenvalue weighted by Gasteiger charge is 2.24. The maximum Gasteiger partial charge on any atom is 0.341 e. The molecule has 2 aromatic rings. The summed E-state index contributed by atoms with van der Waals surface area (Å²) in [4.78, 5) is 42.5. The van der Waals surface area contributed by atoms with Crippen molar-refractivity contribution < 1.29 is 19.1 Å². The van der Waals surface area contributed by atoms with Gasteiger partial charge in [-0.25, -0.2) is 14.6 Å². The summed E-state index contributed by atoms with van der Waals surface area (Å²) >= 11 is 1.37. The Morgan fingerprint density at radius 2 is 1.88 bits per heavy atom. The van der Waals surface area contributed by atoms with Crippen molar-refractivity contribution in [1.29, 1.82) is 0 Å². The number of urea groups is 1. The van der Waals surface area contributed by atoms with Crippen molar-refractivity contribution in [2.24, 2.45) is 0 Å². The Kier molecular flexibility index (Phi) is 8.27. The first-order valence-corrected chi connectivity index (χ1v) is 11.7. The summed E-state index contributed by atoms with van der Waals surface area (Å²) in [6, 6.07) is 8.83. The maximum atomic E-state index is 12.8. The molecule has 1 saturated carbocycles. The number of amides is 3. The van der Waals surface area contributed by atoms with Crippen molar-refractivity contribution in [2.45, 2.75) is 74.9 Å². The molecule has 1 aliphatic carbocycles. The summed E-state index contributed by atoms with van der Waals surface area (Å²) in [6.45, 7) is 5.46. The van der Waals surface area contributed by atoms with Crippen LogP contribution in [-0.4, -0.2) is 35.0 Å². The number of imide groups is 1. The lowest BCUT2D eigenvalue weighted by Crippen LogP contribution is -2.48. The number of carbonyl (C=O) groups is 3. The Morgan fingerprint density at radius 3 is 2.59 bits per heavy atom. The zero-order valence-electron chi connectivity index (χ0n) is 18.6. The van der Waals surface area contributed by atoms with E-state index in [-0.39, 0.29) is 11.6 Å². The minimum Gasteiger partial charge on any atom is -0.449 e. The van der Waals surface area contributed by atoms with Gasteiger partial charge >= 0.3 is 12.0 Å². The van der Waals surface area contributed by atoms with Gasteiger partial charge in [0.2, 0.25) is 0 Å². The Labute approximate surface area is 192 Å². The lowest BCUT2D eigenvalue weighted by molar-refractivity contribution is -0.127. The predicted molar refractivity (Wildman–Crippen MR) is 123 cm³/mol. The van der Waals surface area contributed by atoms with Crippen LogP contribution in [0.2, 0.25) is 0 Å². The number of carbonyl (C=O) groups excluding carboxylic acids is 3. The Bertz CT molecular complexity index is 989. The van der Waals surface area contributed by atoms with E-state index in [2.05, 4.69) is 21.7 Å². The van der Waals surface area contributed by atoms with Crippen molar-refractivity contribution in [2.75, 3.05) is 0 Å². The average Bonchev–Trinajstić information content (AvgIpc) is 2.76. The van der Waals surface area contributed by atoms with Gasteiger partial charge in [0.05, 0.1) is 5.56 Å². The van der Waals surface area contributed by atoms with Crippen LogP contribution >= 0.6 is 11.8 Å². The summed E-state index contributed by atoms with van der Waals surface area (Å²) in [5.41, 5.74) is 2.50. The maximum absolute atomic E-state index is 12.8. The van der Waals surface area contributed by atoms with Gasteiger partial charge in [0, 0.05) is 17.1 Å². The molecule has 3 rings (SSSR count). The average molecular weight is 456 g/mol. The van der Waals surface area contributed by atoms with Crippen molar-refractivity contribution in [3.8, 4) is 0 Å². The van der Waals surface area contributed by atoms with Crippen LogP contribution in [0, 0.1) is 13.8 Å². The molecule has 1 heterocycles. The van der Waals surface area contributed by atoms with E-state index in [9.17, 15) is 14.4 Å². The molecule has 3 amide bonds. The molecule has 1 aliphatic rings. The molecule has 0 unspecified atom stereocenters. The summed E-state index contributed by atoms with van der Waals surface area (Å²) < 4.78 is 5.33. The van der Waals surface area contributed by atoms with E-state index in [0.29, 0.717) is 5.03 Å². The fourth-order valence-corrected chi connectivity index (χ4v) is 4.54. The third-order valence-corrected chi connectivity index (χ3v) is 6.55. The van der Waals surface area contributed by atoms with Crippen molar-refractivity contribution >= 4 is 29.7 Å². The topological polar surface area (TPSA) is 97.4 Å². The van der Waals surface area contributed by atoms with Crippen LogP contribution in [0.15, 0.2) is 46.5 Å². The molecule has 0 radical (unpaired) electrons. The van der Waals surface area contributed by atoms with Crippen LogP contribution in [0.25, 0.3) is 0 Å². The number of aromatic nitrogens is 1. The first-order valence-electron chi connectivity index (χ1n) is 10.9. The van der Waals surface area contributed by atoms with Gasteiger partial charge in [0.15, 0.2) is 6.10 Å². The second-order valence-electron chi connectivity index (χ2n) is 8.07. The van der Waals surface area contributed by atoms with Crippen molar-refractivity contribution in [1.82, 2.24) is 15.6 Å². The number of pyridine rings is 1. The molecule has 0 saturated heterocycles. The molecular weight excluding hydrogens is 426 g/mol. The lowest BCUT2D eigenvalue weighted by Gasteiger charge is -2.23. The zero-order valence-corrected chi connectivity index (χ0v) is 19.5. The third-order valence-electron chi connectivity index (χ3n) is 5.36. The standard InChI is InChI=1S/C24H29N3O4S/c1-15-11-12-20(16(2)14-15)32-22-19(10-7-13-25-22)23(29)31-17(3)21(28)27-24(30)26-18-8-5-4-6-9-18/h7,10-14,17-18H,4-6,8-9H2,1-3H3,(H2,26,27,28,30)/t17-/m0/s1. The molecule has 0 bridgehead atoms. The molecule has 1 fully saturated rings. The van der Waals surface area contributed by atoms with Crippen LogP contribution in [0.5, 0.6) is 0 Å². The number of nitrogens with one attached hydrogen (secondary N) is 2. The van der Waals surface area contributed by atoms with Crippen LogP contribution in [0.3, 0.4) is 0 Å². The summed E-state index contributed by atoms with van der Waals surface area (Å²) in [6.07, 6.45) is 5.61. The highest BCUT2D eigenvalue weighted by molar-refractivity contribution is 7.99. The molecule has 32 heavy (non-hydrogen) atoms. The first-order chi connectivity index (χ1) is 15.3. The van der Waals surface area contributed by atoms with E-state index >= 15 is 0 Å². The van der Waals surface area contributed by atoms with Crippen LogP contribution in [0.4, 0.5) is 4.79 Å². The molecule has 0 spiro atoms. The normalized spacial score (nSPS) is 15.0. The van der Waals surface area contributed by atoms with Gasteiger partial charge in [-0.05, 0) is 57.4 Å². The molecule has 7 nitrogen and oxygen atoms in total. The smallest absolute Gasteiger partial charge is 0.341 e. The SMILES string of the molecule is Cc1ccc(Sc2ncccc2C(=O)O[C@@H](C)C(=O)NC(=O)NC2CCCCC2)c(C)c1. The number of hydrogen-bond acceptors (Lipinski definition) is 6. The van der Waals surface area contributed by atoms with Crippen LogP contribution in [0.1, 0.15) is 60.5 Å². The van der Waals surface area contributed by atoms with Gasteiger partial charge < -0.3 is 10.1 Å². The van der Waals surface area contributed by atoms with E-state index in [1.807, 2.05) is 26.0 Å². The molecule has 170 valence electrons. The minimum atomic E-state index is -1.13. The fourth-order valence-electron chi connectivity index (χ4n) is 3.60. The minimum absolute atomic E-state index is 0.0783. The van der Waals surface area contributed by atoms with E-state index in [1.165, 1.54) is 25.1 Å². The lowest BCUT2D eigenvalue weighted by atomic mass is 9.96. The predicted octanol–water partition coefficient (Wildman–Crippen LogP) is 4.55. The largest absolute Gasteiger partial charge is 0.449 e. The molecule has 0 aliphatic heterocycles. The highest BCUT2D eigenvalue weighted by atomic mass is 32.2. The number of nitrogens with zero attached hydrogens (tertiary/aromatic N) is 1. The molecule has 8 heteroatoms. The van der Waals surface area contributed by atoms with Crippen molar-refractivity contribution in [3.63, 3.8) is 0 Å². The van der Waals surface area contributed by atoms with E-state index in [4.69, 9.17) is 4.74 Å². The molecule has 1 aromatic heterocycles. The summed E-state index contributed by atoms with van der Waals surface area (Å²) in [5.74, 6) is -1.33. The first kappa shape index (κ1) is 23.8. The monoisotopic (exact) mass is 455 g/mol.